The van der Waals surface area contributed by atoms with Crippen LogP contribution in [0, 0.1) is 5.92 Å². The second-order valence-corrected chi connectivity index (χ2v) is 4.19. The van der Waals surface area contributed by atoms with Gasteiger partial charge in [-0.25, -0.2) is 0 Å². The van der Waals surface area contributed by atoms with E-state index in [-0.39, 0.29) is 23.8 Å². The van der Waals surface area contributed by atoms with Gasteiger partial charge in [0, 0.05) is 18.9 Å². The first-order valence-electron chi connectivity index (χ1n) is 5.27. The first-order chi connectivity index (χ1) is 6.70. The van der Waals surface area contributed by atoms with Crippen LogP contribution in [-0.2, 0) is 9.59 Å². The molecule has 0 aromatic heterocycles. The Morgan fingerprint density at radius 2 is 2.14 bits per heavy atom. The summed E-state index contributed by atoms with van der Waals surface area (Å²) in [4.78, 5) is 24.9. The van der Waals surface area contributed by atoms with Gasteiger partial charge in [0.1, 0.15) is 0 Å². The Morgan fingerprint density at radius 1 is 1.36 bits per heavy atom. The maximum absolute atomic E-state index is 11.8. The molecule has 2 atom stereocenters. The summed E-state index contributed by atoms with van der Waals surface area (Å²) in [6.07, 6.45) is 2.15. The van der Waals surface area contributed by atoms with Crippen LogP contribution in [0.15, 0.2) is 0 Å². The van der Waals surface area contributed by atoms with E-state index < -0.39 is 0 Å². The molecule has 0 aliphatic carbocycles. The molecule has 2 unspecified atom stereocenters. The van der Waals surface area contributed by atoms with Gasteiger partial charge in [-0.05, 0) is 19.4 Å². The number of piperidine rings is 1. The molecule has 0 radical (unpaired) electrons. The number of nitrogens with zero attached hydrogens (tertiary/aromatic N) is 1. The van der Waals surface area contributed by atoms with Crippen LogP contribution in [0.4, 0.5) is 0 Å². The van der Waals surface area contributed by atoms with Crippen LogP contribution in [0.3, 0.4) is 0 Å². The van der Waals surface area contributed by atoms with E-state index in [9.17, 15) is 9.59 Å². The minimum Gasteiger partial charge on any atom is -0.315 e. The molecule has 2 fully saturated rings. The van der Waals surface area contributed by atoms with E-state index in [4.69, 9.17) is 0 Å². The second-order valence-electron chi connectivity index (χ2n) is 4.19. The minimum absolute atomic E-state index is 0.0156. The van der Waals surface area contributed by atoms with E-state index in [1.807, 2.05) is 6.92 Å². The number of likely N-dealkylation sites (tertiary alicyclic amines) is 1. The van der Waals surface area contributed by atoms with Gasteiger partial charge in [0.05, 0.1) is 6.04 Å². The Balaban J connectivity index is 2.12. The van der Waals surface area contributed by atoms with Crippen LogP contribution in [0.2, 0.25) is 0 Å². The number of hydrogen-bond acceptors (Lipinski definition) is 3. The van der Waals surface area contributed by atoms with Crippen molar-refractivity contribution in [3.63, 3.8) is 0 Å². The van der Waals surface area contributed by atoms with Gasteiger partial charge in [0.15, 0.2) is 0 Å². The molecule has 2 aliphatic heterocycles. The van der Waals surface area contributed by atoms with Gasteiger partial charge in [0.2, 0.25) is 11.8 Å². The topological polar surface area (TPSA) is 49.4 Å². The lowest BCUT2D eigenvalue weighted by molar-refractivity contribution is -0.153. The quantitative estimate of drug-likeness (QED) is 0.607. The molecular formula is C10H16N2O2. The first-order valence-corrected chi connectivity index (χ1v) is 5.27. The fourth-order valence-electron chi connectivity index (χ4n) is 2.19. The predicted octanol–water partition coefficient (Wildman–Crippen LogP) is 0.133. The number of carbonyl (C=O) groups excluding carboxylic acids is 2. The molecule has 0 spiro atoms. The van der Waals surface area contributed by atoms with Crippen LogP contribution < -0.4 is 5.32 Å². The third-order valence-corrected chi connectivity index (χ3v) is 3.12. The molecule has 0 aromatic carbocycles. The fraction of sp³-hybridized carbons (Fsp3) is 0.800. The van der Waals surface area contributed by atoms with E-state index in [2.05, 4.69) is 5.32 Å². The summed E-state index contributed by atoms with van der Waals surface area (Å²) >= 11 is 0. The van der Waals surface area contributed by atoms with Gasteiger partial charge in [-0.15, -0.1) is 0 Å². The number of carbonyl (C=O) groups is 2. The van der Waals surface area contributed by atoms with Crippen molar-refractivity contribution in [2.75, 3.05) is 13.1 Å². The number of imide groups is 1. The highest BCUT2D eigenvalue weighted by Gasteiger charge is 2.37. The van der Waals surface area contributed by atoms with Crippen molar-refractivity contribution in [1.82, 2.24) is 10.2 Å². The molecule has 1 N–H and O–H groups in total. The van der Waals surface area contributed by atoms with Crippen LogP contribution in [-0.4, -0.2) is 35.8 Å². The van der Waals surface area contributed by atoms with Gasteiger partial charge in [0.25, 0.3) is 0 Å². The average molecular weight is 196 g/mol. The molecule has 14 heavy (non-hydrogen) atoms. The van der Waals surface area contributed by atoms with Crippen LogP contribution in [0.25, 0.3) is 0 Å². The molecule has 0 saturated carbocycles. The minimum atomic E-state index is 0.0156. The van der Waals surface area contributed by atoms with Gasteiger partial charge in [-0.2, -0.15) is 0 Å². The second kappa shape index (κ2) is 3.69. The van der Waals surface area contributed by atoms with Crippen molar-refractivity contribution in [1.29, 1.82) is 0 Å². The molecular weight excluding hydrogens is 180 g/mol. The fourth-order valence-corrected chi connectivity index (χ4v) is 2.19. The van der Waals surface area contributed by atoms with Crippen LogP contribution in [0.1, 0.15) is 26.2 Å². The summed E-state index contributed by atoms with van der Waals surface area (Å²) in [6.45, 7) is 3.59. The molecule has 2 saturated heterocycles. The summed E-state index contributed by atoms with van der Waals surface area (Å²) in [7, 11) is 0. The maximum Gasteiger partial charge on any atom is 0.232 e. The molecule has 78 valence electrons. The van der Waals surface area contributed by atoms with Crippen molar-refractivity contribution in [2.24, 2.45) is 5.92 Å². The SMILES string of the molecule is CC1CCC(=O)N(C2CCNC2)C1=O. The summed E-state index contributed by atoms with van der Waals surface area (Å²) < 4.78 is 0. The van der Waals surface area contributed by atoms with Crippen molar-refractivity contribution in [3.8, 4) is 0 Å². The zero-order chi connectivity index (χ0) is 10.1. The van der Waals surface area contributed by atoms with E-state index in [0.717, 1.165) is 19.5 Å². The Morgan fingerprint density at radius 3 is 2.79 bits per heavy atom. The lowest BCUT2D eigenvalue weighted by Gasteiger charge is -2.33. The van der Waals surface area contributed by atoms with Gasteiger partial charge in [-0.1, -0.05) is 6.92 Å². The van der Waals surface area contributed by atoms with Gasteiger partial charge in [-0.3, -0.25) is 14.5 Å². The Bertz CT molecular complexity index is 259. The lowest BCUT2D eigenvalue weighted by atomic mass is 9.97. The number of hydrogen-bond donors (Lipinski definition) is 1. The van der Waals surface area contributed by atoms with Crippen molar-refractivity contribution >= 4 is 11.8 Å². The third-order valence-electron chi connectivity index (χ3n) is 3.12. The number of amides is 2. The molecule has 4 nitrogen and oxygen atoms in total. The summed E-state index contributed by atoms with van der Waals surface area (Å²) in [5.41, 5.74) is 0. The Labute approximate surface area is 83.6 Å². The summed E-state index contributed by atoms with van der Waals surface area (Å²) in [6, 6.07) is 0.109. The molecule has 2 rings (SSSR count). The lowest BCUT2D eigenvalue weighted by Crippen LogP contribution is -2.50. The highest BCUT2D eigenvalue weighted by atomic mass is 16.2. The monoisotopic (exact) mass is 196 g/mol. The zero-order valence-corrected chi connectivity index (χ0v) is 8.45. The molecule has 2 heterocycles. The molecule has 0 bridgehead atoms. The Kier molecular flexibility index (Phi) is 2.54. The predicted molar refractivity (Wildman–Crippen MR) is 51.5 cm³/mol. The van der Waals surface area contributed by atoms with Crippen molar-refractivity contribution in [3.05, 3.63) is 0 Å². The average Bonchev–Trinajstić information content (AvgIpc) is 2.65. The Hall–Kier alpha value is -0.900. The molecule has 2 amide bonds. The normalized spacial score (nSPS) is 33.9. The van der Waals surface area contributed by atoms with E-state index in [1.54, 1.807) is 0 Å². The van der Waals surface area contributed by atoms with Crippen LogP contribution >= 0.6 is 0 Å². The smallest absolute Gasteiger partial charge is 0.232 e. The van der Waals surface area contributed by atoms with Crippen molar-refractivity contribution in [2.45, 2.75) is 32.2 Å². The number of nitrogens with one attached hydrogen (secondary N) is 1. The first kappa shape index (κ1) is 9.65. The highest BCUT2D eigenvalue weighted by molar-refractivity contribution is 5.99. The van der Waals surface area contributed by atoms with E-state index >= 15 is 0 Å². The highest BCUT2D eigenvalue weighted by Crippen LogP contribution is 2.22. The van der Waals surface area contributed by atoms with E-state index in [0.29, 0.717) is 12.8 Å². The van der Waals surface area contributed by atoms with E-state index in [1.165, 1.54) is 4.90 Å². The summed E-state index contributed by atoms with van der Waals surface area (Å²) in [5.74, 6) is 0.0602. The van der Waals surface area contributed by atoms with Crippen LogP contribution in [0.5, 0.6) is 0 Å². The van der Waals surface area contributed by atoms with Gasteiger partial charge >= 0.3 is 0 Å². The number of rotatable bonds is 1. The standard InChI is InChI=1S/C10H16N2O2/c1-7-2-3-9(13)12(10(7)14)8-4-5-11-6-8/h7-8,11H,2-6H2,1H3. The largest absolute Gasteiger partial charge is 0.315 e. The molecule has 0 aromatic rings. The maximum atomic E-state index is 11.8. The van der Waals surface area contributed by atoms with Gasteiger partial charge < -0.3 is 5.32 Å². The molecule has 4 heteroatoms. The zero-order valence-electron chi connectivity index (χ0n) is 8.45. The third kappa shape index (κ3) is 1.54. The summed E-state index contributed by atoms with van der Waals surface area (Å²) in [5, 5.41) is 3.18. The molecule has 2 aliphatic rings. The van der Waals surface area contributed by atoms with Crippen molar-refractivity contribution < 1.29 is 9.59 Å².